The summed E-state index contributed by atoms with van der Waals surface area (Å²) < 4.78 is 49.4. The Labute approximate surface area is 244 Å². The molecule has 0 N–H and O–H groups in total. The van der Waals surface area contributed by atoms with Crippen molar-refractivity contribution in [3.05, 3.63) is 110 Å². The highest BCUT2D eigenvalue weighted by Gasteiger charge is 2.55. The molecule has 8 heteroatoms. The van der Waals surface area contributed by atoms with Gasteiger partial charge >= 0.3 is 0 Å². The van der Waals surface area contributed by atoms with E-state index in [2.05, 4.69) is 19.7 Å². The molecule has 2 aromatic rings. The summed E-state index contributed by atoms with van der Waals surface area (Å²) in [5.41, 5.74) is 2.03. The lowest BCUT2D eigenvalue weighted by atomic mass is 9.83. The summed E-state index contributed by atoms with van der Waals surface area (Å²) in [6, 6.07) is 19.9. The molecular weight excluding hydrogens is 524 g/mol. The zero-order valence-corrected chi connectivity index (χ0v) is 24.0. The highest BCUT2D eigenvalue weighted by atomic mass is 16.7. The lowest BCUT2D eigenvalue weighted by Gasteiger charge is -2.49. The summed E-state index contributed by atoms with van der Waals surface area (Å²) >= 11 is 0. The third-order valence-electron chi connectivity index (χ3n) is 6.51. The molecule has 2 unspecified atom stereocenters. The summed E-state index contributed by atoms with van der Waals surface area (Å²) in [5, 5.41) is 0. The first-order valence-electron chi connectivity index (χ1n) is 13.9. The maximum atomic E-state index is 6.59. The van der Waals surface area contributed by atoms with Gasteiger partial charge in [-0.05, 0) is 11.1 Å². The lowest BCUT2D eigenvalue weighted by molar-refractivity contribution is -0.291. The van der Waals surface area contributed by atoms with Gasteiger partial charge in [-0.25, -0.2) is 0 Å². The first-order chi connectivity index (χ1) is 20.2. The summed E-state index contributed by atoms with van der Waals surface area (Å²) in [4.78, 5) is 0. The average Bonchev–Trinajstić information content (AvgIpc) is 3.01. The van der Waals surface area contributed by atoms with Crippen LogP contribution >= 0.6 is 0 Å². The Bertz CT molecular complexity index is 918. The molecule has 6 atom stereocenters. The number of benzene rings is 2. The second kappa shape index (κ2) is 19.5. The van der Waals surface area contributed by atoms with E-state index in [1.807, 2.05) is 60.7 Å². The van der Waals surface area contributed by atoms with E-state index in [0.717, 1.165) is 11.1 Å². The fourth-order valence-electron chi connectivity index (χ4n) is 4.66. The van der Waals surface area contributed by atoms with Crippen LogP contribution in [0.4, 0.5) is 0 Å². The van der Waals surface area contributed by atoms with Crippen LogP contribution in [-0.4, -0.2) is 83.6 Å². The van der Waals surface area contributed by atoms with Crippen molar-refractivity contribution >= 4 is 0 Å². The largest absolute Gasteiger partial charge is 0.382 e. The van der Waals surface area contributed by atoms with Crippen molar-refractivity contribution in [3.8, 4) is 0 Å². The minimum absolute atomic E-state index is 0.00492. The van der Waals surface area contributed by atoms with Crippen LogP contribution < -0.4 is 0 Å². The predicted octanol–water partition coefficient (Wildman–Crippen LogP) is 4.89. The third kappa shape index (κ3) is 10.6. The van der Waals surface area contributed by atoms with Crippen molar-refractivity contribution in [3.63, 3.8) is 0 Å². The van der Waals surface area contributed by atoms with Gasteiger partial charge < -0.3 is 37.9 Å². The first-order valence-corrected chi connectivity index (χ1v) is 13.9. The van der Waals surface area contributed by atoms with Crippen LogP contribution in [0.5, 0.6) is 0 Å². The van der Waals surface area contributed by atoms with Crippen LogP contribution in [-0.2, 0) is 51.1 Å². The summed E-state index contributed by atoms with van der Waals surface area (Å²) in [7, 11) is 1.62. The SMILES string of the molecule is C=CCOC1[C@@H](OCC=C)[C@@H](OCc2ccccc2)C(OCOCCOC)[C@H](OCc2ccccc2)[C@H]1OCC=C. The summed E-state index contributed by atoms with van der Waals surface area (Å²) in [5.74, 6) is 0. The molecule has 224 valence electrons. The standard InChI is InChI=1S/C33H44O8/c1-5-18-36-28-29(37-19-6-2)31(39-23-26-14-10-8-11-15-26)33(41-25-35-22-21-34-4)32(30(28)38-20-7-3)40-24-27-16-12-9-13-17-27/h5-17,28-33H,1-3,18-25H2,4H3/t28?,29-,30+,31-,32-,33?/m1/s1. The highest BCUT2D eigenvalue weighted by molar-refractivity contribution is 5.15. The van der Waals surface area contributed by atoms with Gasteiger partial charge in [0.1, 0.15) is 43.4 Å². The van der Waals surface area contributed by atoms with Crippen molar-refractivity contribution in [2.45, 2.75) is 49.8 Å². The zero-order valence-electron chi connectivity index (χ0n) is 24.0. The average molecular weight is 569 g/mol. The highest BCUT2D eigenvalue weighted by Crippen LogP contribution is 2.35. The Morgan fingerprint density at radius 1 is 0.537 bits per heavy atom. The number of rotatable bonds is 21. The molecule has 0 saturated heterocycles. The minimum atomic E-state index is -0.627. The smallest absolute Gasteiger partial charge is 0.147 e. The van der Waals surface area contributed by atoms with Gasteiger partial charge in [0.05, 0.1) is 46.2 Å². The van der Waals surface area contributed by atoms with Gasteiger partial charge in [0.2, 0.25) is 0 Å². The Morgan fingerprint density at radius 2 is 0.927 bits per heavy atom. The number of hydrogen-bond acceptors (Lipinski definition) is 8. The third-order valence-corrected chi connectivity index (χ3v) is 6.51. The maximum absolute atomic E-state index is 6.59. The lowest BCUT2D eigenvalue weighted by Crippen LogP contribution is -2.67. The monoisotopic (exact) mass is 568 g/mol. The van der Waals surface area contributed by atoms with Crippen molar-refractivity contribution in [2.75, 3.05) is 46.9 Å². The molecule has 0 aromatic heterocycles. The van der Waals surface area contributed by atoms with Crippen LogP contribution in [0.1, 0.15) is 11.1 Å². The molecule has 1 fully saturated rings. The molecule has 0 aliphatic heterocycles. The molecule has 1 aliphatic carbocycles. The number of methoxy groups -OCH3 is 1. The topological polar surface area (TPSA) is 73.8 Å². The van der Waals surface area contributed by atoms with E-state index in [0.29, 0.717) is 26.4 Å². The van der Waals surface area contributed by atoms with Crippen LogP contribution in [0.25, 0.3) is 0 Å². The fraction of sp³-hybridized carbons (Fsp3) is 0.455. The van der Waals surface area contributed by atoms with Gasteiger partial charge in [-0.15, -0.1) is 19.7 Å². The molecule has 1 saturated carbocycles. The van der Waals surface area contributed by atoms with Gasteiger partial charge in [0.25, 0.3) is 0 Å². The van der Waals surface area contributed by atoms with Crippen LogP contribution in [0, 0.1) is 0 Å². The van der Waals surface area contributed by atoms with Crippen LogP contribution in [0.2, 0.25) is 0 Å². The van der Waals surface area contributed by atoms with Gasteiger partial charge in [-0.1, -0.05) is 78.9 Å². The molecule has 2 aromatic carbocycles. The molecule has 8 nitrogen and oxygen atoms in total. The van der Waals surface area contributed by atoms with Gasteiger partial charge in [0.15, 0.2) is 0 Å². The zero-order chi connectivity index (χ0) is 29.1. The van der Waals surface area contributed by atoms with E-state index in [1.54, 1.807) is 25.3 Å². The van der Waals surface area contributed by atoms with Crippen molar-refractivity contribution < 1.29 is 37.9 Å². The summed E-state index contributed by atoms with van der Waals surface area (Å²) in [6.07, 6.45) is 1.54. The second-order valence-electron chi connectivity index (χ2n) is 9.43. The Kier molecular flexibility index (Phi) is 15.6. The molecule has 0 spiro atoms. The van der Waals surface area contributed by atoms with E-state index in [1.165, 1.54) is 0 Å². The molecule has 0 bridgehead atoms. The molecule has 1 aliphatic rings. The Hall–Kier alpha value is -2.66. The molecular formula is C33H44O8. The predicted molar refractivity (Wildman–Crippen MR) is 157 cm³/mol. The van der Waals surface area contributed by atoms with Crippen LogP contribution in [0.15, 0.2) is 98.6 Å². The van der Waals surface area contributed by atoms with Crippen molar-refractivity contribution in [1.82, 2.24) is 0 Å². The van der Waals surface area contributed by atoms with Crippen LogP contribution in [0.3, 0.4) is 0 Å². The molecule has 0 amide bonds. The Morgan fingerprint density at radius 3 is 1.32 bits per heavy atom. The number of hydrogen-bond donors (Lipinski definition) is 0. The van der Waals surface area contributed by atoms with Crippen molar-refractivity contribution in [2.24, 2.45) is 0 Å². The van der Waals surface area contributed by atoms with Gasteiger partial charge in [0, 0.05) is 7.11 Å². The normalized spacial score (nSPS) is 24.1. The Balaban J connectivity index is 1.99. The van der Waals surface area contributed by atoms with E-state index < -0.39 is 36.6 Å². The quantitative estimate of drug-likeness (QED) is 0.120. The van der Waals surface area contributed by atoms with Gasteiger partial charge in [-0.2, -0.15) is 0 Å². The molecule has 0 radical (unpaired) electrons. The molecule has 41 heavy (non-hydrogen) atoms. The van der Waals surface area contributed by atoms with Crippen molar-refractivity contribution in [1.29, 1.82) is 0 Å². The van der Waals surface area contributed by atoms with E-state index in [-0.39, 0.29) is 26.6 Å². The number of ether oxygens (including phenoxy) is 8. The first kappa shape index (κ1) is 32.8. The van der Waals surface area contributed by atoms with E-state index in [4.69, 9.17) is 37.9 Å². The summed E-state index contributed by atoms with van der Waals surface area (Å²) in [6.45, 7) is 13.9. The molecule has 3 rings (SSSR count). The van der Waals surface area contributed by atoms with E-state index in [9.17, 15) is 0 Å². The van der Waals surface area contributed by atoms with Gasteiger partial charge in [-0.3, -0.25) is 0 Å². The second-order valence-corrected chi connectivity index (χ2v) is 9.43. The molecule has 0 heterocycles. The minimum Gasteiger partial charge on any atom is -0.382 e. The maximum Gasteiger partial charge on any atom is 0.147 e. The fourth-order valence-corrected chi connectivity index (χ4v) is 4.66. The van der Waals surface area contributed by atoms with E-state index >= 15 is 0 Å².